The zero-order chi connectivity index (χ0) is 19.8. The van der Waals surface area contributed by atoms with Gasteiger partial charge in [-0.05, 0) is 29.8 Å². The molecule has 5 heteroatoms. The first-order valence-electron chi connectivity index (χ1n) is 9.25. The molecule has 0 saturated carbocycles. The number of benzene rings is 3. The van der Waals surface area contributed by atoms with Gasteiger partial charge in [-0.2, -0.15) is 10.5 Å². The summed E-state index contributed by atoms with van der Waals surface area (Å²) >= 11 is 0. The van der Waals surface area contributed by atoms with E-state index in [0.717, 1.165) is 28.0 Å². The van der Waals surface area contributed by atoms with Crippen molar-refractivity contribution in [2.45, 2.75) is 0 Å². The van der Waals surface area contributed by atoms with Gasteiger partial charge in [0.05, 0.1) is 23.3 Å². The number of hydrogen-bond donors (Lipinski definition) is 1. The Morgan fingerprint density at radius 2 is 1.41 bits per heavy atom. The predicted octanol–water partition coefficient (Wildman–Crippen LogP) is 4.43. The third-order valence-corrected chi connectivity index (χ3v) is 5.17. The molecule has 5 nitrogen and oxygen atoms in total. The van der Waals surface area contributed by atoms with Crippen LogP contribution in [0.25, 0.3) is 27.5 Å². The van der Waals surface area contributed by atoms with Gasteiger partial charge in [0.25, 0.3) is 0 Å². The molecule has 136 valence electrons. The van der Waals surface area contributed by atoms with Crippen LogP contribution in [-0.2, 0) is 0 Å². The summed E-state index contributed by atoms with van der Waals surface area (Å²) in [6.07, 6.45) is 0. The second-order valence-electron chi connectivity index (χ2n) is 6.78. The van der Waals surface area contributed by atoms with Crippen LogP contribution in [0.15, 0.2) is 89.2 Å². The van der Waals surface area contributed by atoms with E-state index >= 15 is 0 Å². The Morgan fingerprint density at radius 3 is 2.00 bits per heavy atom. The van der Waals surface area contributed by atoms with Crippen molar-refractivity contribution in [3.63, 3.8) is 0 Å². The van der Waals surface area contributed by atoms with Gasteiger partial charge < -0.3 is 9.88 Å². The van der Waals surface area contributed by atoms with Crippen molar-refractivity contribution >= 4 is 27.5 Å². The Kier molecular flexibility index (Phi) is 3.86. The SMILES string of the molecule is N#CC1=C(C#N)NCC(c2ccc(-n3c4ccccc4c4ccccc43)cc2)=N1. The van der Waals surface area contributed by atoms with Gasteiger partial charge in [-0.1, -0.05) is 48.5 Å². The number of para-hydroxylation sites is 2. The minimum Gasteiger partial charge on any atom is -0.368 e. The minimum atomic E-state index is 0.125. The number of fused-ring (bicyclic) bond motifs is 3. The molecule has 0 unspecified atom stereocenters. The molecule has 0 spiro atoms. The van der Waals surface area contributed by atoms with Crippen molar-refractivity contribution in [2.24, 2.45) is 4.99 Å². The fourth-order valence-corrected chi connectivity index (χ4v) is 3.83. The summed E-state index contributed by atoms with van der Waals surface area (Å²) in [6, 6.07) is 28.9. The maximum atomic E-state index is 9.22. The number of aliphatic imine (C=N–C) groups is 1. The summed E-state index contributed by atoms with van der Waals surface area (Å²) in [5, 5.41) is 23.7. The van der Waals surface area contributed by atoms with Crippen molar-refractivity contribution in [3.8, 4) is 17.8 Å². The Balaban J connectivity index is 1.62. The number of allylic oxidation sites excluding steroid dienone is 2. The summed E-state index contributed by atoms with van der Waals surface area (Å²) in [4.78, 5) is 4.36. The first-order chi connectivity index (χ1) is 14.3. The van der Waals surface area contributed by atoms with Crippen molar-refractivity contribution < 1.29 is 0 Å². The fraction of sp³-hybridized carbons (Fsp3) is 0.0417. The van der Waals surface area contributed by atoms with Gasteiger partial charge >= 0.3 is 0 Å². The van der Waals surface area contributed by atoms with E-state index in [1.807, 2.05) is 24.3 Å². The minimum absolute atomic E-state index is 0.125. The summed E-state index contributed by atoms with van der Waals surface area (Å²) in [7, 11) is 0. The fourth-order valence-electron chi connectivity index (χ4n) is 3.83. The third kappa shape index (κ3) is 2.65. The van der Waals surface area contributed by atoms with Gasteiger partial charge in [-0.3, -0.25) is 0 Å². The first-order valence-corrected chi connectivity index (χ1v) is 9.25. The quantitative estimate of drug-likeness (QED) is 0.564. The van der Waals surface area contributed by atoms with E-state index in [0.29, 0.717) is 6.54 Å². The second kappa shape index (κ2) is 6.67. The molecule has 0 radical (unpaired) electrons. The lowest BCUT2D eigenvalue weighted by atomic mass is 10.1. The number of nitrogens with zero attached hydrogens (tertiary/aromatic N) is 4. The van der Waals surface area contributed by atoms with Crippen LogP contribution in [0.2, 0.25) is 0 Å². The lowest BCUT2D eigenvalue weighted by molar-refractivity contribution is 0.922. The van der Waals surface area contributed by atoms with E-state index < -0.39 is 0 Å². The van der Waals surface area contributed by atoms with Crippen LogP contribution in [0.4, 0.5) is 0 Å². The van der Waals surface area contributed by atoms with E-state index in [1.54, 1.807) is 0 Å². The standard InChI is InChI=1S/C24H15N5/c25-13-20-21(14-26)28-22(15-27-20)16-9-11-17(12-10-16)29-23-7-3-1-5-18(23)19-6-2-4-8-24(19)29/h1-12,27H,15H2. The molecule has 1 aliphatic heterocycles. The highest BCUT2D eigenvalue weighted by atomic mass is 15.0. The third-order valence-electron chi connectivity index (χ3n) is 5.17. The molecule has 3 aromatic carbocycles. The summed E-state index contributed by atoms with van der Waals surface area (Å²) in [5.74, 6) is 0. The molecule has 1 N–H and O–H groups in total. The lowest BCUT2D eigenvalue weighted by Gasteiger charge is -2.15. The van der Waals surface area contributed by atoms with Crippen LogP contribution in [0.1, 0.15) is 5.56 Å². The van der Waals surface area contributed by atoms with Crippen LogP contribution >= 0.6 is 0 Å². The molecule has 0 amide bonds. The van der Waals surface area contributed by atoms with Gasteiger partial charge in [0.2, 0.25) is 0 Å². The van der Waals surface area contributed by atoms with E-state index in [-0.39, 0.29) is 11.4 Å². The normalized spacial score (nSPS) is 13.7. The van der Waals surface area contributed by atoms with Crippen LogP contribution in [0.3, 0.4) is 0 Å². The Labute approximate surface area is 167 Å². The zero-order valence-corrected chi connectivity index (χ0v) is 15.4. The Bertz CT molecular complexity index is 1350. The highest BCUT2D eigenvalue weighted by molar-refractivity contribution is 6.09. The lowest BCUT2D eigenvalue weighted by Crippen LogP contribution is -2.27. The summed E-state index contributed by atoms with van der Waals surface area (Å²) in [5.41, 5.74) is 5.39. The topological polar surface area (TPSA) is 76.9 Å². The molecular weight excluding hydrogens is 358 g/mol. The second-order valence-corrected chi connectivity index (χ2v) is 6.78. The maximum Gasteiger partial charge on any atom is 0.174 e. The number of nitrogens with one attached hydrogen (secondary N) is 1. The van der Waals surface area contributed by atoms with E-state index in [2.05, 4.69) is 75.5 Å². The van der Waals surface area contributed by atoms with Crippen LogP contribution < -0.4 is 5.32 Å². The molecule has 1 aromatic heterocycles. The average molecular weight is 373 g/mol. The molecule has 4 aromatic rings. The summed E-state index contributed by atoms with van der Waals surface area (Å²) in [6.45, 7) is 0.419. The average Bonchev–Trinajstić information content (AvgIpc) is 3.13. The van der Waals surface area contributed by atoms with Gasteiger partial charge in [0.15, 0.2) is 11.4 Å². The predicted molar refractivity (Wildman–Crippen MR) is 114 cm³/mol. The molecule has 0 bridgehead atoms. The van der Waals surface area contributed by atoms with Gasteiger partial charge in [0.1, 0.15) is 12.1 Å². The monoisotopic (exact) mass is 373 g/mol. The van der Waals surface area contributed by atoms with Crippen molar-refractivity contribution in [3.05, 3.63) is 89.8 Å². The molecule has 0 saturated heterocycles. The number of hydrogen-bond acceptors (Lipinski definition) is 4. The number of aromatic nitrogens is 1. The van der Waals surface area contributed by atoms with Crippen molar-refractivity contribution in [2.75, 3.05) is 6.54 Å². The Hall–Kier alpha value is -4.35. The van der Waals surface area contributed by atoms with Crippen LogP contribution in [0, 0.1) is 22.7 Å². The number of rotatable bonds is 2. The summed E-state index contributed by atoms with van der Waals surface area (Å²) < 4.78 is 2.25. The van der Waals surface area contributed by atoms with Gasteiger partial charge in [-0.15, -0.1) is 0 Å². The van der Waals surface area contributed by atoms with Crippen LogP contribution in [-0.4, -0.2) is 16.8 Å². The van der Waals surface area contributed by atoms with Crippen molar-refractivity contribution in [1.29, 1.82) is 10.5 Å². The molecule has 29 heavy (non-hydrogen) atoms. The zero-order valence-electron chi connectivity index (χ0n) is 15.4. The molecular formula is C24H15N5. The molecule has 2 heterocycles. The van der Waals surface area contributed by atoms with E-state index in [1.165, 1.54) is 10.8 Å². The molecule has 0 atom stereocenters. The molecule has 1 aliphatic rings. The van der Waals surface area contributed by atoms with Gasteiger partial charge in [-0.25, -0.2) is 4.99 Å². The molecule has 0 aliphatic carbocycles. The molecule has 5 rings (SSSR count). The van der Waals surface area contributed by atoms with Crippen molar-refractivity contribution in [1.82, 2.24) is 9.88 Å². The van der Waals surface area contributed by atoms with Crippen LogP contribution in [0.5, 0.6) is 0 Å². The largest absolute Gasteiger partial charge is 0.368 e. The van der Waals surface area contributed by atoms with Gasteiger partial charge in [0, 0.05) is 16.5 Å². The number of nitriles is 2. The smallest absolute Gasteiger partial charge is 0.174 e. The van der Waals surface area contributed by atoms with E-state index in [4.69, 9.17) is 5.26 Å². The maximum absolute atomic E-state index is 9.22. The highest BCUT2D eigenvalue weighted by Crippen LogP contribution is 2.31. The highest BCUT2D eigenvalue weighted by Gasteiger charge is 2.16. The Morgan fingerprint density at radius 1 is 0.793 bits per heavy atom. The molecule has 0 fully saturated rings. The van der Waals surface area contributed by atoms with E-state index in [9.17, 15) is 5.26 Å². The first kappa shape index (κ1) is 16.8.